The van der Waals surface area contributed by atoms with Crippen molar-refractivity contribution in [3.05, 3.63) is 38.6 Å². The van der Waals surface area contributed by atoms with Gasteiger partial charge in [-0.25, -0.2) is 9.78 Å². The zero-order valence-electron chi connectivity index (χ0n) is 8.40. The number of nitrogens with zero attached hydrogens (tertiary/aromatic N) is 1. The minimum Gasteiger partial charge on any atom is -0.454 e. The summed E-state index contributed by atoms with van der Waals surface area (Å²) in [6.07, 6.45) is 0. The second kappa shape index (κ2) is 4.80. The number of furan rings is 1. The average Bonchev–Trinajstić information content (AvgIpc) is 2.84. The highest BCUT2D eigenvalue weighted by Crippen LogP contribution is 2.17. The molecule has 0 aliphatic heterocycles. The van der Waals surface area contributed by atoms with Crippen LogP contribution in [0.1, 0.15) is 21.1 Å². The molecule has 0 N–H and O–H groups in total. The minimum absolute atomic E-state index is 0.189. The van der Waals surface area contributed by atoms with Gasteiger partial charge in [0.2, 0.25) is 5.76 Å². The number of ether oxygens (including phenoxy) is 1. The molecule has 0 aliphatic rings. The van der Waals surface area contributed by atoms with Crippen LogP contribution in [0.25, 0.3) is 0 Å². The van der Waals surface area contributed by atoms with Crippen LogP contribution in [-0.4, -0.2) is 11.0 Å². The van der Waals surface area contributed by atoms with E-state index in [4.69, 9.17) is 9.15 Å². The Labute approximate surface area is 104 Å². The highest BCUT2D eigenvalue weighted by molar-refractivity contribution is 9.10. The van der Waals surface area contributed by atoms with E-state index < -0.39 is 5.97 Å². The first kappa shape index (κ1) is 11.3. The molecule has 6 heteroatoms. The third kappa shape index (κ3) is 2.51. The summed E-state index contributed by atoms with van der Waals surface area (Å²) in [6.45, 7) is 2.11. The molecule has 2 aromatic rings. The van der Waals surface area contributed by atoms with Gasteiger partial charge in [-0.15, -0.1) is 11.3 Å². The van der Waals surface area contributed by atoms with Crippen molar-refractivity contribution in [2.45, 2.75) is 13.5 Å². The van der Waals surface area contributed by atoms with Crippen LogP contribution in [0.5, 0.6) is 0 Å². The summed E-state index contributed by atoms with van der Waals surface area (Å²) in [7, 11) is 0. The molecular weight excluding hydrogens is 294 g/mol. The van der Waals surface area contributed by atoms with Crippen molar-refractivity contribution >= 4 is 33.2 Å². The van der Waals surface area contributed by atoms with E-state index in [2.05, 4.69) is 20.9 Å². The molecular formula is C10H8BrNO3S. The van der Waals surface area contributed by atoms with Gasteiger partial charge < -0.3 is 9.15 Å². The number of rotatable bonds is 3. The number of aromatic nitrogens is 1. The van der Waals surface area contributed by atoms with Gasteiger partial charge in [-0.05, 0) is 35.0 Å². The second-order valence-electron chi connectivity index (χ2n) is 3.04. The average molecular weight is 302 g/mol. The number of aryl methyl sites for hydroxylation is 1. The van der Waals surface area contributed by atoms with Crippen molar-refractivity contribution in [3.8, 4) is 0 Å². The van der Waals surface area contributed by atoms with Gasteiger partial charge in [0.05, 0.1) is 16.1 Å². The molecule has 0 aliphatic carbocycles. The fraction of sp³-hybridized carbons (Fsp3) is 0.200. The second-order valence-corrected chi connectivity index (χ2v) is 4.76. The summed E-state index contributed by atoms with van der Waals surface area (Å²) >= 11 is 4.58. The molecule has 0 saturated heterocycles. The number of carbonyl (C=O) groups excluding carboxylic acids is 1. The Morgan fingerprint density at radius 1 is 1.62 bits per heavy atom. The number of carbonyl (C=O) groups is 1. The Morgan fingerprint density at radius 3 is 3.00 bits per heavy atom. The van der Waals surface area contributed by atoms with Crippen molar-refractivity contribution in [1.29, 1.82) is 0 Å². The number of hydrogen-bond acceptors (Lipinski definition) is 5. The molecule has 0 saturated carbocycles. The lowest BCUT2D eigenvalue weighted by Crippen LogP contribution is -2.03. The van der Waals surface area contributed by atoms with Crippen LogP contribution in [0.15, 0.2) is 26.7 Å². The normalized spacial score (nSPS) is 10.4. The quantitative estimate of drug-likeness (QED) is 0.817. The van der Waals surface area contributed by atoms with Crippen LogP contribution in [0, 0.1) is 6.92 Å². The van der Waals surface area contributed by atoms with E-state index in [-0.39, 0.29) is 12.4 Å². The maximum Gasteiger partial charge on any atom is 0.374 e. The van der Waals surface area contributed by atoms with E-state index >= 15 is 0 Å². The van der Waals surface area contributed by atoms with Crippen LogP contribution in [0.2, 0.25) is 0 Å². The molecule has 0 spiro atoms. The maximum absolute atomic E-state index is 11.5. The topological polar surface area (TPSA) is 52.3 Å². The van der Waals surface area contributed by atoms with Crippen molar-refractivity contribution in [2.24, 2.45) is 0 Å². The van der Waals surface area contributed by atoms with E-state index in [0.717, 1.165) is 10.6 Å². The fourth-order valence-corrected chi connectivity index (χ4v) is 2.09. The Bertz CT molecular complexity index is 506. The molecule has 84 valence electrons. The van der Waals surface area contributed by atoms with Crippen LogP contribution < -0.4 is 0 Å². The SMILES string of the molecule is Cc1ncsc1COC(=O)c1ccc(Br)o1. The molecule has 4 nitrogen and oxygen atoms in total. The van der Waals surface area contributed by atoms with Crippen molar-refractivity contribution in [2.75, 3.05) is 0 Å². The largest absolute Gasteiger partial charge is 0.454 e. The first-order valence-corrected chi connectivity index (χ1v) is 6.15. The van der Waals surface area contributed by atoms with Crippen LogP contribution >= 0.6 is 27.3 Å². The lowest BCUT2D eigenvalue weighted by atomic mass is 10.4. The zero-order valence-corrected chi connectivity index (χ0v) is 10.8. The molecule has 0 atom stereocenters. The van der Waals surface area contributed by atoms with Crippen LogP contribution in [0.3, 0.4) is 0 Å². The summed E-state index contributed by atoms with van der Waals surface area (Å²) in [5.41, 5.74) is 2.61. The molecule has 16 heavy (non-hydrogen) atoms. The molecule has 0 fully saturated rings. The third-order valence-electron chi connectivity index (χ3n) is 1.95. The molecule has 2 rings (SSSR count). The highest BCUT2D eigenvalue weighted by Gasteiger charge is 2.13. The van der Waals surface area contributed by atoms with E-state index in [1.54, 1.807) is 17.6 Å². The summed E-state index contributed by atoms with van der Waals surface area (Å²) < 4.78 is 10.7. The van der Waals surface area contributed by atoms with E-state index in [1.165, 1.54) is 11.3 Å². The lowest BCUT2D eigenvalue weighted by molar-refractivity contribution is 0.0438. The zero-order chi connectivity index (χ0) is 11.5. The number of hydrogen-bond donors (Lipinski definition) is 0. The molecule has 0 bridgehead atoms. The fourth-order valence-electron chi connectivity index (χ4n) is 1.09. The third-order valence-corrected chi connectivity index (χ3v) is 3.29. The molecule has 0 unspecified atom stereocenters. The Morgan fingerprint density at radius 2 is 2.44 bits per heavy atom. The molecule has 0 aromatic carbocycles. The summed E-state index contributed by atoms with van der Waals surface area (Å²) in [4.78, 5) is 16.5. The van der Waals surface area contributed by atoms with Gasteiger partial charge in [-0.2, -0.15) is 0 Å². The summed E-state index contributed by atoms with van der Waals surface area (Å²) in [5.74, 6) is -0.285. The molecule has 0 amide bonds. The number of esters is 1. The Hall–Kier alpha value is -1.14. The lowest BCUT2D eigenvalue weighted by Gasteiger charge is -2.00. The van der Waals surface area contributed by atoms with Gasteiger partial charge >= 0.3 is 5.97 Å². The minimum atomic E-state index is -0.474. The first-order valence-electron chi connectivity index (χ1n) is 4.48. The summed E-state index contributed by atoms with van der Waals surface area (Å²) in [6, 6.07) is 3.21. The monoisotopic (exact) mass is 301 g/mol. The van der Waals surface area contributed by atoms with Crippen LogP contribution in [-0.2, 0) is 11.3 Å². The molecule has 2 heterocycles. The molecule has 2 aromatic heterocycles. The van der Waals surface area contributed by atoms with Gasteiger partial charge in [-0.3, -0.25) is 0 Å². The smallest absolute Gasteiger partial charge is 0.374 e. The van der Waals surface area contributed by atoms with E-state index in [9.17, 15) is 4.79 Å². The van der Waals surface area contributed by atoms with Crippen molar-refractivity contribution in [1.82, 2.24) is 4.98 Å². The number of thiazole rings is 1. The first-order chi connectivity index (χ1) is 7.66. The van der Waals surface area contributed by atoms with Gasteiger partial charge in [-0.1, -0.05) is 0 Å². The van der Waals surface area contributed by atoms with Gasteiger partial charge in [0.15, 0.2) is 4.67 Å². The Balaban J connectivity index is 1.96. The van der Waals surface area contributed by atoms with Crippen molar-refractivity contribution in [3.63, 3.8) is 0 Å². The summed E-state index contributed by atoms with van der Waals surface area (Å²) in [5, 5.41) is 0. The standard InChI is InChI=1S/C10H8BrNO3S/c1-6-8(16-5-12-6)4-14-10(13)7-2-3-9(11)15-7/h2-3,5H,4H2,1H3. The van der Waals surface area contributed by atoms with Crippen molar-refractivity contribution < 1.29 is 13.9 Å². The predicted molar refractivity (Wildman–Crippen MR) is 62.4 cm³/mol. The maximum atomic E-state index is 11.5. The Kier molecular flexibility index (Phi) is 3.40. The van der Waals surface area contributed by atoms with E-state index in [0.29, 0.717) is 4.67 Å². The van der Waals surface area contributed by atoms with Gasteiger partial charge in [0, 0.05) is 0 Å². The predicted octanol–water partition coefficient (Wildman–Crippen LogP) is 3.16. The number of halogens is 1. The molecule has 0 radical (unpaired) electrons. The highest BCUT2D eigenvalue weighted by atomic mass is 79.9. The van der Waals surface area contributed by atoms with Gasteiger partial charge in [0.25, 0.3) is 0 Å². The van der Waals surface area contributed by atoms with Crippen LogP contribution in [0.4, 0.5) is 0 Å². The van der Waals surface area contributed by atoms with Gasteiger partial charge in [0.1, 0.15) is 6.61 Å². The van der Waals surface area contributed by atoms with E-state index in [1.807, 2.05) is 6.92 Å².